The van der Waals surface area contributed by atoms with Crippen LogP contribution in [0.4, 0.5) is 10.5 Å². The quantitative estimate of drug-likeness (QED) is 0.641. The molecule has 0 atom stereocenters. The highest BCUT2D eigenvalue weighted by molar-refractivity contribution is 5.87. The van der Waals surface area contributed by atoms with Crippen LogP contribution in [0.15, 0.2) is 24.3 Å². The molecule has 0 aromatic heterocycles. The van der Waals surface area contributed by atoms with E-state index in [9.17, 15) is 4.79 Å². The molecule has 2 amide bonds. The zero-order valence-electron chi connectivity index (χ0n) is 7.24. The van der Waals surface area contributed by atoms with Crippen LogP contribution in [0.5, 0.6) is 0 Å². The number of urea groups is 1. The normalized spacial score (nSPS) is 7.93. The summed E-state index contributed by atoms with van der Waals surface area (Å²) < 4.78 is 0. The highest BCUT2D eigenvalue weighted by Crippen LogP contribution is 2.08. The first-order valence-electron chi connectivity index (χ1n) is 3.79. The molecular formula is C10H7N3O. The summed E-state index contributed by atoms with van der Waals surface area (Å²) >= 11 is 0. The van der Waals surface area contributed by atoms with E-state index in [0.717, 1.165) is 0 Å². The van der Waals surface area contributed by atoms with E-state index < -0.39 is 6.03 Å². The van der Waals surface area contributed by atoms with E-state index >= 15 is 0 Å². The van der Waals surface area contributed by atoms with Gasteiger partial charge in [-0.05, 0) is 18.2 Å². The van der Waals surface area contributed by atoms with E-state index in [0.29, 0.717) is 11.3 Å². The summed E-state index contributed by atoms with van der Waals surface area (Å²) in [6, 6.07) is 7.84. The van der Waals surface area contributed by atoms with Crippen molar-refractivity contribution in [1.82, 2.24) is 0 Å². The molecule has 0 aliphatic carbocycles. The van der Waals surface area contributed by atoms with E-state index in [2.05, 4.69) is 17.2 Å². The zero-order valence-corrected chi connectivity index (χ0v) is 7.24. The van der Waals surface area contributed by atoms with Gasteiger partial charge in [0.05, 0.1) is 0 Å². The van der Waals surface area contributed by atoms with Crippen LogP contribution in [-0.4, -0.2) is 6.03 Å². The van der Waals surface area contributed by atoms with E-state index in [1.165, 1.54) is 0 Å². The Labute approximate surface area is 81.3 Å². The summed E-state index contributed by atoms with van der Waals surface area (Å²) in [5, 5.41) is 10.6. The first kappa shape index (κ1) is 9.63. The number of benzene rings is 1. The Hall–Kier alpha value is -2.46. The Morgan fingerprint density at radius 2 is 2.29 bits per heavy atom. The van der Waals surface area contributed by atoms with E-state index in [1.807, 2.05) is 0 Å². The average molecular weight is 185 g/mol. The number of carbonyl (C=O) groups is 1. The summed E-state index contributed by atoms with van der Waals surface area (Å²) in [5.41, 5.74) is 6.14. The molecule has 4 heteroatoms. The number of amides is 2. The number of nitrogens with zero attached hydrogens (tertiary/aromatic N) is 1. The Morgan fingerprint density at radius 3 is 2.93 bits per heavy atom. The van der Waals surface area contributed by atoms with Crippen LogP contribution in [0.25, 0.3) is 0 Å². The minimum atomic E-state index is -0.629. The van der Waals surface area contributed by atoms with Crippen LogP contribution in [0, 0.1) is 23.2 Å². The molecule has 0 saturated carbocycles. The van der Waals surface area contributed by atoms with E-state index in [4.69, 9.17) is 11.0 Å². The second-order valence-corrected chi connectivity index (χ2v) is 2.43. The highest BCUT2D eigenvalue weighted by Gasteiger charge is 1.95. The molecule has 68 valence electrons. The Bertz CT molecular complexity index is 448. The van der Waals surface area contributed by atoms with E-state index in [-0.39, 0.29) is 0 Å². The minimum Gasteiger partial charge on any atom is -0.351 e. The predicted octanol–water partition coefficient (Wildman–Crippen LogP) is 1.05. The smallest absolute Gasteiger partial charge is 0.316 e. The molecule has 0 saturated heterocycles. The Kier molecular flexibility index (Phi) is 3.12. The maximum atomic E-state index is 10.5. The summed E-state index contributed by atoms with van der Waals surface area (Å²) in [6.07, 6.45) is 0. The van der Waals surface area contributed by atoms with Crippen molar-refractivity contribution in [3.05, 3.63) is 29.8 Å². The molecule has 0 unspecified atom stereocenters. The highest BCUT2D eigenvalue weighted by atomic mass is 16.2. The van der Waals surface area contributed by atoms with Crippen molar-refractivity contribution < 1.29 is 4.79 Å². The second kappa shape index (κ2) is 4.54. The van der Waals surface area contributed by atoms with Crippen LogP contribution >= 0.6 is 0 Å². The van der Waals surface area contributed by atoms with Crippen LogP contribution < -0.4 is 11.1 Å². The van der Waals surface area contributed by atoms with Gasteiger partial charge in [-0.15, -0.1) is 0 Å². The fourth-order valence-electron chi connectivity index (χ4n) is 0.917. The molecule has 1 aromatic carbocycles. The van der Waals surface area contributed by atoms with E-state index in [1.54, 1.807) is 30.3 Å². The first-order valence-corrected chi connectivity index (χ1v) is 3.79. The van der Waals surface area contributed by atoms with Crippen molar-refractivity contribution in [3.8, 4) is 17.9 Å². The van der Waals surface area contributed by atoms with Crippen molar-refractivity contribution in [2.45, 2.75) is 0 Å². The molecule has 4 nitrogen and oxygen atoms in total. The van der Waals surface area contributed by atoms with Crippen molar-refractivity contribution in [3.63, 3.8) is 0 Å². The number of nitrogens with one attached hydrogen (secondary N) is 1. The SMILES string of the molecule is N#CC#Cc1cccc(NC(N)=O)c1. The van der Waals surface area contributed by atoms with Gasteiger partial charge < -0.3 is 11.1 Å². The minimum absolute atomic E-state index is 0.558. The zero-order chi connectivity index (χ0) is 10.4. The number of primary amides is 1. The van der Waals surface area contributed by atoms with Crippen molar-refractivity contribution in [2.24, 2.45) is 5.73 Å². The summed E-state index contributed by atoms with van der Waals surface area (Å²) in [5.74, 6) is 4.86. The number of hydrogen-bond donors (Lipinski definition) is 2. The number of anilines is 1. The van der Waals surface area contributed by atoms with Crippen molar-refractivity contribution in [1.29, 1.82) is 5.26 Å². The van der Waals surface area contributed by atoms with Gasteiger partial charge >= 0.3 is 6.03 Å². The molecule has 0 aliphatic rings. The average Bonchev–Trinajstić information content (AvgIpc) is 2.14. The van der Waals surface area contributed by atoms with Gasteiger partial charge in [0, 0.05) is 17.2 Å². The van der Waals surface area contributed by atoms with Gasteiger partial charge in [0.1, 0.15) is 0 Å². The van der Waals surface area contributed by atoms with Crippen LogP contribution in [-0.2, 0) is 0 Å². The molecular weight excluding hydrogens is 178 g/mol. The number of nitrogens with two attached hydrogens (primary N) is 1. The van der Waals surface area contributed by atoms with Gasteiger partial charge in [0.25, 0.3) is 0 Å². The summed E-state index contributed by atoms with van der Waals surface area (Å²) in [4.78, 5) is 10.5. The molecule has 0 spiro atoms. The lowest BCUT2D eigenvalue weighted by molar-refractivity contribution is 0.259. The predicted molar refractivity (Wildman–Crippen MR) is 52.1 cm³/mol. The largest absolute Gasteiger partial charge is 0.351 e. The van der Waals surface area contributed by atoms with Crippen molar-refractivity contribution >= 4 is 11.7 Å². The second-order valence-electron chi connectivity index (χ2n) is 2.43. The van der Waals surface area contributed by atoms with Gasteiger partial charge in [-0.2, -0.15) is 5.26 Å². The monoisotopic (exact) mass is 185 g/mol. The fourth-order valence-corrected chi connectivity index (χ4v) is 0.917. The lowest BCUT2D eigenvalue weighted by atomic mass is 10.2. The maximum absolute atomic E-state index is 10.5. The molecule has 1 aromatic rings. The lowest BCUT2D eigenvalue weighted by Crippen LogP contribution is -2.19. The molecule has 1 rings (SSSR count). The molecule has 0 aliphatic heterocycles. The van der Waals surface area contributed by atoms with Gasteiger partial charge in [-0.25, -0.2) is 4.79 Å². The molecule has 14 heavy (non-hydrogen) atoms. The number of rotatable bonds is 1. The third-order valence-electron chi connectivity index (χ3n) is 1.39. The number of nitriles is 1. The third kappa shape index (κ3) is 2.88. The first-order chi connectivity index (χ1) is 6.72. The van der Waals surface area contributed by atoms with Crippen LogP contribution in [0.1, 0.15) is 5.56 Å². The van der Waals surface area contributed by atoms with Gasteiger partial charge in [0.2, 0.25) is 0 Å². The Balaban J connectivity index is 2.90. The maximum Gasteiger partial charge on any atom is 0.316 e. The standard InChI is InChI=1S/C10H7N3O/c11-6-2-4-8-3-1-5-9(7-8)13-10(12)14/h1,3,5,7H,(H3,12,13,14). The van der Waals surface area contributed by atoms with Gasteiger partial charge in [0.15, 0.2) is 6.07 Å². The van der Waals surface area contributed by atoms with Crippen LogP contribution in [0.2, 0.25) is 0 Å². The molecule has 0 fully saturated rings. The summed E-state index contributed by atoms with van der Waals surface area (Å²) in [6.45, 7) is 0. The lowest BCUT2D eigenvalue weighted by Gasteiger charge is -2.00. The number of hydrogen-bond acceptors (Lipinski definition) is 2. The molecule has 3 N–H and O–H groups in total. The van der Waals surface area contributed by atoms with Crippen molar-refractivity contribution in [2.75, 3.05) is 5.32 Å². The Morgan fingerprint density at radius 1 is 1.50 bits per heavy atom. The molecule has 0 radical (unpaired) electrons. The van der Waals surface area contributed by atoms with Gasteiger partial charge in [-0.3, -0.25) is 0 Å². The number of carbonyl (C=O) groups excluding carboxylic acids is 1. The fraction of sp³-hybridized carbons (Fsp3) is 0. The van der Waals surface area contributed by atoms with Gasteiger partial charge in [-0.1, -0.05) is 12.0 Å². The molecule has 0 heterocycles. The third-order valence-corrected chi connectivity index (χ3v) is 1.39. The topological polar surface area (TPSA) is 78.9 Å². The molecule has 0 bridgehead atoms. The summed E-state index contributed by atoms with van der Waals surface area (Å²) in [7, 11) is 0. The van der Waals surface area contributed by atoms with Crippen LogP contribution in [0.3, 0.4) is 0 Å².